The molecule has 0 saturated carbocycles. The largest absolute Gasteiger partial charge is 0.465 e. The van der Waals surface area contributed by atoms with Gasteiger partial charge in [0.15, 0.2) is 0 Å². The summed E-state index contributed by atoms with van der Waals surface area (Å²) in [6.07, 6.45) is 0.224. The van der Waals surface area contributed by atoms with E-state index in [4.69, 9.17) is 16.3 Å². The Morgan fingerprint density at radius 2 is 2.15 bits per heavy atom. The first-order valence-electron chi connectivity index (χ1n) is 8.24. The number of benzene rings is 1. The second-order valence-electron chi connectivity index (χ2n) is 6.01. The average molecular weight is 392 g/mol. The van der Waals surface area contributed by atoms with E-state index in [1.807, 2.05) is 17.0 Å². The Hall–Kier alpha value is -2.01. The molecule has 2 aliphatic rings. The molecule has 26 heavy (non-hydrogen) atoms. The second kappa shape index (κ2) is 8.12. The normalized spacial score (nSPS) is 20.6. The standard InChI is InChI=1S/C18H18ClN3O3S/c1-2-25-17(24)9-21-10-22-16(23)7-14(12-3-5-13(19)6-4-12)15(8-20)18(22)26-11-21/h3-6,14H,2,7,9-11H2,1H3/t14-/m0/s1. The summed E-state index contributed by atoms with van der Waals surface area (Å²) < 4.78 is 4.97. The molecule has 0 N–H and O–H groups in total. The topological polar surface area (TPSA) is 73.6 Å². The highest BCUT2D eigenvalue weighted by Crippen LogP contribution is 2.42. The lowest BCUT2D eigenvalue weighted by Crippen LogP contribution is -2.48. The Morgan fingerprint density at radius 1 is 1.42 bits per heavy atom. The third-order valence-electron chi connectivity index (χ3n) is 4.28. The minimum absolute atomic E-state index is 0.0555. The Morgan fingerprint density at radius 3 is 2.81 bits per heavy atom. The number of thioether (sulfide) groups is 1. The van der Waals surface area contributed by atoms with Crippen molar-refractivity contribution in [2.24, 2.45) is 0 Å². The number of allylic oxidation sites excluding steroid dienone is 1. The van der Waals surface area contributed by atoms with E-state index >= 15 is 0 Å². The summed E-state index contributed by atoms with van der Waals surface area (Å²) in [5.41, 5.74) is 1.49. The molecule has 1 aromatic rings. The van der Waals surface area contributed by atoms with Crippen molar-refractivity contribution >= 4 is 35.2 Å². The van der Waals surface area contributed by atoms with Gasteiger partial charge in [-0.2, -0.15) is 5.26 Å². The molecular formula is C18H18ClN3O3S. The van der Waals surface area contributed by atoms with E-state index in [-0.39, 0.29) is 30.8 Å². The molecule has 1 saturated heterocycles. The molecule has 0 unspecified atom stereocenters. The van der Waals surface area contributed by atoms with Crippen LogP contribution in [0.4, 0.5) is 0 Å². The number of hydrogen-bond donors (Lipinski definition) is 0. The van der Waals surface area contributed by atoms with Gasteiger partial charge in [-0.3, -0.25) is 19.4 Å². The van der Waals surface area contributed by atoms with E-state index in [2.05, 4.69) is 6.07 Å². The fourth-order valence-corrected chi connectivity index (χ4v) is 4.34. The van der Waals surface area contributed by atoms with Crippen LogP contribution in [0.1, 0.15) is 24.8 Å². The first-order chi connectivity index (χ1) is 12.5. The van der Waals surface area contributed by atoms with E-state index in [0.717, 1.165) is 5.56 Å². The van der Waals surface area contributed by atoms with Crippen molar-refractivity contribution in [2.75, 3.05) is 25.7 Å². The summed E-state index contributed by atoms with van der Waals surface area (Å²) in [5.74, 6) is -0.110. The van der Waals surface area contributed by atoms with Crippen LogP contribution in [0.2, 0.25) is 5.02 Å². The van der Waals surface area contributed by atoms with Gasteiger partial charge in [0.2, 0.25) is 5.91 Å². The van der Waals surface area contributed by atoms with Crippen molar-refractivity contribution in [1.82, 2.24) is 9.80 Å². The van der Waals surface area contributed by atoms with E-state index < -0.39 is 0 Å². The van der Waals surface area contributed by atoms with Crippen LogP contribution in [-0.2, 0) is 14.3 Å². The SMILES string of the molecule is CCOC(=O)CN1CSC2=C(C#N)[C@H](c3ccc(Cl)cc3)CC(=O)N2C1. The van der Waals surface area contributed by atoms with Crippen LogP contribution >= 0.6 is 23.4 Å². The number of fused-ring (bicyclic) bond motifs is 1. The number of carbonyl (C=O) groups is 2. The van der Waals surface area contributed by atoms with Crippen molar-refractivity contribution in [3.63, 3.8) is 0 Å². The van der Waals surface area contributed by atoms with Gasteiger partial charge in [-0.15, -0.1) is 0 Å². The lowest BCUT2D eigenvalue weighted by atomic mass is 9.86. The number of amides is 1. The van der Waals surface area contributed by atoms with Crippen molar-refractivity contribution < 1.29 is 14.3 Å². The highest BCUT2D eigenvalue weighted by atomic mass is 35.5. The monoisotopic (exact) mass is 391 g/mol. The highest BCUT2D eigenvalue weighted by Gasteiger charge is 2.38. The van der Waals surface area contributed by atoms with Gasteiger partial charge in [0.25, 0.3) is 0 Å². The number of esters is 1. The predicted octanol–water partition coefficient (Wildman–Crippen LogP) is 2.92. The number of halogens is 1. The molecular weight excluding hydrogens is 374 g/mol. The maximum atomic E-state index is 12.7. The van der Waals surface area contributed by atoms with Crippen LogP contribution < -0.4 is 0 Å². The number of nitrogens with zero attached hydrogens (tertiary/aromatic N) is 3. The van der Waals surface area contributed by atoms with Crippen LogP contribution in [0.15, 0.2) is 34.9 Å². The average Bonchev–Trinajstić information content (AvgIpc) is 2.63. The number of carbonyl (C=O) groups excluding carboxylic acids is 2. The van der Waals surface area contributed by atoms with E-state index in [1.54, 1.807) is 24.0 Å². The zero-order valence-electron chi connectivity index (χ0n) is 14.3. The molecule has 0 bridgehead atoms. The first kappa shape index (κ1) is 18.8. The van der Waals surface area contributed by atoms with E-state index in [9.17, 15) is 14.9 Å². The molecule has 8 heteroatoms. The summed E-state index contributed by atoms with van der Waals surface area (Å²) in [6.45, 7) is 2.50. The molecule has 3 rings (SSSR count). The molecule has 2 aliphatic heterocycles. The molecule has 0 aliphatic carbocycles. The van der Waals surface area contributed by atoms with Crippen molar-refractivity contribution in [3.8, 4) is 6.07 Å². The Bertz CT molecular complexity index is 788. The molecule has 0 spiro atoms. The van der Waals surface area contributed by atoms with Gasteiger partial charge in [0, 0.05) is 17.4 Å². The van der Waals surface area contributed by atoms with Crippen LogP contribution in [0.25, 0.3) is 0 Å². The number of rotatable bonds is 4. The predicted molar refractivity (Wildman–Crippen MR) is 99.0 cm³/mol. The van der Waals surface area contributed by atoms with E-state index in [1.165, 1.54) is 11.8 Å². The van der Waals surface area contributed by atoms with Crippen LogP contribution in [0.3, 0.4) is 0 Å². The van der Waals surface area contributed by atoms with Gasteiger partial charge in [-0.1, -0.05) is 35.5 Å². The quantitative estimate of drug-likeness (QED) is 0.735. The second-order valence-corrected chi connectivity index (χ2v) is 7.38. The third-order valence-corrected chi connectivity index (χ3v) is 5.74. The van der Waals surface area contributed by atoms with Gasteiger partial charge >= 0.3 is 5.97 Å². The van der Waals surface area contributed by atoms with E-state index in [0.29, 0.717) is 34.8 Å². The Balaban J connectivity index is 1.83. The minimum Gasteiger partial charge on any atom is -0.465 e. The van der Waals surface area contributed by atoms with Gasteiger partial charge in [-0.05, 0) is 24.6 Å². The highest BCUT2D eigenvalue weighted by molar-refractivity contribution is 8.03. The number of hydrogen-bond acceptors (Lipinski definition) is 6. The van der Waals surface area contributed by atoms with Gasteiger partial charge < -0.3 is 4.74 Å². The van der Waals surface area contributed by atoms with Crippen LogP contribution in [0, 0.1) is 11.3 Å². The maximum absolute atomic E-state index is 12.7. The maximum Gasteiger partial charge on any atom is 0.320 e. The lowest BCUT2D eigenvalue weighted by molar-refractivity contribution is -0.146. The minimum atomic E-state index is -0.315. The molecule has 1 atom stereocenters. The molecule has 1 fully saturated rings. The molecule has 136 valence electrons. The summed E-state index contributed by atoms with van der Waals surface area (Å²) in [4.78, 5) is 27.8. The van der Waals surface area contributed by atoms with Crippen molar-refractivity contribution in [1.29, 1.82) is 5.26 Å². The molecule has 6 nitrogen and oxygen atoms in total. The van der Waals surface area contributed by atoms with Crippen molar-refractivity contribution in [2.45, 2.75) is 19.3 Å². The summed E-state index contributed by atoms with van der Waals surface area (Å²) >= 11 is 7.35. The first-order valence-corrected chi connectivity index (χ1v) is 9.60. The van der Waals surface area contributed by atoms with Gasteiger partial charge in [0.05, 0.1) is 42.4 Å². The molecule has 1 amide bonds. The van der Waals surface area contributed by atoms with Crippen LogP contribution in [-0.4, -0.2) is 47.4 Å². The molecule has 0 radical (unpaired) electrons. The summed E-state index contributed by atoms with van der Waals surface area (Å²) in [7, 11) is 0. The fourth-order valence-electron chi connectivity index (χ4n) is 3.08. The molecule has 0 aromatic heterocycles. The summed E-state index contributed by atoms with van der Waals surface area (Å²) in [6, 6.07) is 9.53. The zero-order chi connectivity index (χ0) is 18.7. The fraction of sp³-hybridized carbons (Fsp3) is 0.389. The Labute approximate surface area is 161 Å². The third kappa shape index (κ3) is 3.88. The van der Waals surface area contributed by atoms with Gasteiger partial charge in [-0.25, -0.2) is 0 Å². The molecule has 1 aromatic carbocycles. The number of ether oxygens (including phenoxy) is 1. The molecule has 2 heterocycles. The summed E-state index contributed by atoms with van der Waals surface area (Å²) in [5, 5.41) is 11.0. The number of nitriles is 1. The lowest BCUT2D eigenvalue weighted by Gasteiger charge is -2.40. The zero-order valence-corrected chi connectivity index (χ0v) is 15.8. The Kier molecular flexibility index (Phi) is 5.87. The smallest absolute Gasteiger partial charge is 0.320 e. The van der Waals surface area contributed by atoms with Crippen molar-refractivity contribution in [3.05, 3.63) is 45.5 Å². The van der Waals surface area contributed by atoms with Gasteiger partial charge in [0.1, 0.15) is 0 Å². The van der Waals surface area contributed by atoms with Crippen LogP contribution in [0.5, 0.6) is 0 Å².